The Kier molecular flexibility index (Phi) is 5.39. The van der Waals surface area contributed by atoms with E-state index in [1.54, 1.807) is 30.3 Å². The van der Waals surface area contributed by atoms with E-state index in [1.807, 2.05) is 45.0 Å². The van der Waals surface area contributed by atoms with Crippen molar-refractivity contribution < 1.29 is 14.7 Å². The summed E-state index contributed by atoms with van der Waals surface area (Å²) in [6.07, 6.45) is 0. The molecular weight excluding hydrogens is 302 g/mol. The van der Waals surface area contributed by atoms with E-state index in [2.05, 4.69) is 5.32 Å². The standard InChI is InChI=1S/C20H23NO3/c1-20(2,3)17-12-8-7-11-15(17)18(22)21-13-16(19(23)24)14-9-5-4-6-10-14/h4-12,16H,13H2,1-3H3,(H,21,22)(H,23,24). The highest BCUT2D eigenvalue weighted by Gasteiger charge is 2.24. The van der Waals surface area contributed by atoms with Crippen LogP contribution in [0.15, 0.2) is 54.6 Å². The van der Waals surface area contributed by atoms with Gasteiger partial charge in [0, 0.05) is 12.1 Å². The van der Waals surface area contributed by atoms with Gasteiger partial charge in [0.25, 0.3) is 5.91 Å². The molecule has 0 heterocycles. The lowest BCUT2D eigenvalue weighted by molar-refractivity contribution is -0.138. The number of amides is 1. The third kappa shape index (κ3) is 4.22. The molecule has 0 bridgehead atoms. The lowest BCUT2D eigenvalue weighted by Gasteiger charge is -2.22. The van der Waals surface area contributed by atoms with Crippen molar-refractivity contribution in [3.05, 3.63) is 71.3 Å². The fraction of sp³-hybridized carbons (Fsp3) is 0.300. The summed E-state index contributed by atoms with van der Waals surface area (Å²) in [5.74, 6) is -1.97. The molecule has 0 saturated carbocycles. The van der Waals surface area contributed by atoms with E-state index in [9.17, 15) is 14.7 Å². The fourth-order valence-electron chi connectivity index (χ4n) is 2.66. The molecule has 0 spiro atoms. The van der Waals surface area contributed by atoms with Gasteiger partial charge < -0.3 is 10.4 Å². The Morgan fingerprint density at radius 2 is 1.58 bits per heavy atom. The Labute approximate surface area is 142 Å². The van der Waals surface area contributed by atoms with E-state index in [0.717, 1.165) is 5.56 Å². The summed E-state index contributed by atoms with van der Waals surface area (Å²) in [7, 11) is 0. The third-order valence-corrected chi connectivity index (χ3v) is 3.95. The minimum absolute atomic E-state index is 0.0522. The topological polar surface area (TPSA) is 66.4 Å². The molecular formula is C20H23NO3. The maximum atomic E-state index is 12.6. The van der Waals surface area contributed by atoms with Crippen LogP contribution in [-0.2, 0) is 10.2 Å². The van der Waals surface area contributed by atoms with Crippen LogP contribution in [0.25, 0.3) is 0 Å². The largest absolute Gasteiger partial charge is 0.481 e. The van der Waals surface area contributed by atoms with Gasteiger partial charge >= 0.3 is 5.97 Å². The average Bonchev–Trinajstić information content (AvgIpc) is 2.54. The molecule has 1 atom stereocenters. The van der Waals surface area contributed by atoms with Crippen LogP contribution >= 0.6 is 0 Å². The SMILES string of the molecule is CC(C)(C)c1ccccc1C(=O)NCC(C(=O)O)c1ccccc1. The second-order valence-corrected chi connectivity index (χ2v) is 6.81. The first-order valence-electron chi connectivity index (χ1n) is 7.96. The van der Waals surface area contributed by atoms with Crippen LogP contribution in [0.3, 0.4) is 0 Å². The van der Waals surface area contributed by atoms with Crippen LogP contribution in [0.1, 0.15) is 48.2 Å². The van der Waals surface area contributed by atoms with Gasteiger partial charge in [0.05, 0.1) is 5.92 Å². The van der Waals surface area contributed by atoms with Crippen molar-refractivity contribution >= 4 is 11.9 Å². The molecule has 2 rings (SSSR count). The van der Waals surface area contributed by atoms with E-state index in [-0.39, 0.29) is 17.9 Å². The van der Waals surface area contributed by atoms with Crippen molar-refractivity contribution in [1.29, 1.82) is 0 Å². The highest BCUT2D eigenvalue weighted by atomic mass is 16.4. The summed E-state index contributed by atoms with van der Waals surface area (Å²) >= 11 is 0. The monoisotopic (exact) mass is 325 g/mol. The molecule has 1 amide bonds. The molecule has 0 saturated heterocycles. The zero-order chi connectivity index (χ0) is 17.7. The summed E-state index contributed by atoms with van der Waals surface area (Å²) in [5, 5.41) is 12.2. The van der Waals surface area contributed by atoms with E-state index in [4.69, 9.17) is 0 Å². The van der Waals surface area contributed by atoms with Gasteiger partial charge in [0.15, 0.2) is 0 Å². The Morgan fingerprint density at radius 3 is 2.17 bits per heavy atom. The molecule has 0 aliphatic carbocycles. The van der Waals surface area contributed by atoms with E-state index >= 15 is 0 Å². The smallest absolute Gasteiger partial charge is 0.312 e. The van der Waals surface area contributed by atoms with Crippen LogP contribution in [-0.4, -0.2) is 23.5 Å². The predicted octanol–water partition coefficient (Wildman–Crippen LogP) is 3.58. The van der Waals surface area contributed by atoms with Gasteiger partial charge in [-0.05, 0) is 22.6 Å². The highest BCUT2D eigenvalue weighted by Crippen LogP contribution is 2.25. The fourth-order valence-corrected chi connectivity index (χ4v) is 2.66. The number of aliphatic carboxylic acids is 1. The summed E-state index contributed by atoms with van der Waals surface area (Å²) in [6.45, 7) is 6.19. The van der Waals surface area contributed by atoms with Gasteiger partial charge in [0.2, 0.25) is 0 Å². The Morgan fingerprint density at radius 1 is 1.00 bits per heavy atom. The van der Waals surface area contributed by atoms with Crippen LogP contribution in [0.5, 0.6) is 0 Å². The number of hydrogen-bond donors (Lipinski definition) is 2. The lowest BCUT2D eigenvalue weighted by atomic mass is 9.83. The molecule has 126 valence electrons. The third-order valence-electron chi connectivity index (χ3n) is 3.95. The Hall–Kier alpha value is -2.62. The summed E-state index contributed by atoms with van der Waals surface area (Å²) in [6, 6.07) is 16.4. The second kappa shape index (κ2) is 7.30. The Bertz CT molecular complexity index is 717. The zero-order valence-corrected chi connectivity index (χ0v) is 14.2. The van der Waals surface area contributed by atoms with E-state index in [0.29, 0.717) is 11.1 Å². The maximum Gasteiger partial charge on any atom is 0.312 e. The van der Waals surface area contributed by atoms with Crippen LogP contribution in [0.4, 0.5) is 0 Å². The quantitative estimate of drug-likeness (QED) is 0.883. The molecule has 0 fully saturated rings. The molecule has 2 aromatic rings. The van der Waals surface area contributed by atoms with Gasteiger partial charge in [-0.15, -0.1) is 0 Å². The summed E-state index contributed by atoms with van der Waals surface area (Å²) in [4.78, 5) is 24.1. The maximum absolute atomic E-state index is 12.6. The molecule has 2 N–H and O–H groups in total. The normalized spacial score (nSPS) is 12.5. The van der Waals surface area contributed by atoms with Gasteiger partial charge in [-0.2, -0.15) is 0 Å². The van der Waals surface area contributed by atoms with E-state index in [1.165, 1.54) is 0 Å². The second-order valence-electron chi connectivity index (χ2n) is 6.81. The number of benzene rings is 2. The van der Waals surface area contributed by atoms with Crippen LogP contribution in [0.2, 0.25) is 0 Å². The minimum Gasteiger partial charge on any atom is -0.481 e. The average molecular weight is 325 g/mol. The van der Waals surface area contributed by atoms with Crippen LogP contribution < -0.4 is 5.32 Å². The molecule has 2 aromatic carbocycles. The number of carboxylic acid groups (broad SMARTS) is 1. The molecule has 4 nitrogen and oxygen atoms in total. The van der Waals surface area contributed by atoms with Gasteiger partial charge in [0.1, 0.15) is 0 Å². The summed E-state index contributed by atoms with van der Waals surface area (Å²) < 4.78 is 0. The number of nitrogens with one attached hydrogen (secondary N) is 1. The highest BCUT2D eigenvalue weighted by molar-refractivity contribution is 5.96. The van der Waals surface area contributed by atoms with Crippen molar-refractivity contribution in [2.75, 3.05) is 6.54 Å². The predicted molar refractivity (Wildman–Crippen MR) is 94.3 cm³/mol. The van der Waals surface area contributed by atoms with Crippen molar-refractivity contribution in [3.8, 4) is 0 Å². The van der Waals surface area contributed by atoms with Crippen molar-refractivity contribution in [2.24, 2.45) is 0 Å². The molecule has 0 aromatic heterocycles. The molecule has 0 radical (unpaired) electrons. The molecule has 0 aliphatic heterocycles. The van der Waals surface area contributed by atoms with Crippen molar-refractivity contribution in [1.82, 2.24) is 5.32 Å². The van der Waals surface area contributed by atoms with Gasteiger partial charge in [-0.1, -0.05) is 69.3 Å². The number of carboxylic acids is 1. The molecule has 4 heteroatoms. The minimum atomic E-state index is -0.953. The first-order valence-corrected chi connectivity index (χ1v) is 7.96. The number of hydrogen-bond acceptors (Lipinski definition) is 2. The molecule has 1 unspecified atom stereocenters. The molecule has 0 aliphatic rings. The zero-order valence-electron chi connectivity index (χ0n) is 14.2. The van der Waals surface area contributed by atoms with E-state index < -0.39 is 11.9 Å². The lowest BCUT2D eigenvalue weighted by Crippen LogP contribution is -2.33. The number of carbonyl (C=O) groups excluding carboxylic acids is 1. The summed E-state index contributed by atoms with van der Waals surface area (Å²) in [5.41, 5.74) is 2.03. The first-order chi connectivity index (χ1) is 11.3. The van der Waals surface area contributed by atoms with Gasteiger partial charge in [-0.25, -0.2) is 0 Å². The van der Waals surface area contributed by atoms with Crippen molar-refractivity contribution in [2.45, 2.75) is 32.1 Å². The van der Waals surface area contributed by atoms with Crippen LogP contribution in [0, 0.1) is 0 Å². The van der Waals surface area contributed by atoms with Gasteiger partial charge in [-0.3, -0.25) is 9.59 Å². The first kappa shape index (κ1) is 17.7. The molecule has 24 heavy (non-hydrogen) atoms. The number of carbonyl (C=O) groups is 2. The van der Waals surface area contributed by atoms with Crippen molar-refractivity contribution in [3.63, 3.8) is 0 Å². The Balaban J connectivity index is 2.17. The number of rotatable bonds is 5.